The van der Waals surface area contributed by atoms with Gasteiger partial charge < -0.3 is 19.5 Å². The Labute approximate surface area is 374 Å². The number of benzene rings is 3. The molecule has 3 aromatic carbocycles. The number of aliphatic imine (C=N–C) groups is 1. The summed E-state index contributed by atoms with van der Waals surface area (Å²) in [5.41, 5.74) is 6.08. The van der Waals surface area contributed by atoms with E-state index in [0.29, 0.717) is 30.5 Å². The fourth-order valence-corrected chi connectivity index (χ4v) is 6.57. The maximum absolute atomic E-state index is 11.8. The number of thioether (sulfide) groups is 1. The maximum Gasteiger partial charge on any atom is 1.00 e. The second-order valence-electron chi connectivity index (χ2n) is 11.0. The summed E-state index contributed by atoms with van der Waals surface area (Å²) < 4.78 is 8.27. The molecule has 10 nitrogen and oxygen atoms in total. The van der Waals surface area contributed by atoms with Crippen LogP contribution in [0.5, 0.6) is 5.75 Å². The molecule has 2 aromatic heterocycles. The Kier molecular flexibility index (Phi) is 16.0. The first-order valence-electron chi connectivity index (χ1n) is 15.3. The normalized spacial score (nSPS) is 13.9. The zero-order chi connectivity index (χ0) is 31.9. The quantitative estimate of drug-likeness (QED) is 0.108. The van der Waals surface area contributed by atoms with E-state index in [4.69, 9.17) is 21.3 Å². The van der Waals surface area contributed by atoms with Gasteiger partial charge in [-0.1, -0.05) is 85.6 Å². The van der Waals surface area contributed by atoms with Crippen LogP contribution < -0.4 is 118 Å². The van der Waals surface area contributed by atoms with E-state index < -0.39 is 10.5 Å². The van der Waals surface area contributed by atoms with E-state index in [2.05, 4.69) is 61.4 Å². The fourth-order valence-electron chi connectivity index (χ4n) is 5.47. The van der Waals surface area contributed by atoms with Gasteiger partial charge in [0.05, 0.1) is 17.6 Å². The Hall–Kier alpha value is -1.21. The Morgan fingerprint density at radius 3 is 2.35 bits per heavy atom. The Morgan fingerprint density at radius 1 is 0.958 bits per heavy atom. The van der Waals surface area contributed by atoms with E-state index in [1.165, 1.54) is 0 Å². The summed E-state index contributed by atoms with van der Waals surface area (Å²) in [4.78, 5) is 20.0. The van der Waals surface area contributed by atoms with Gasteiger partial charge in [0.15, 0.2) is 5.15 Å². The molecule has 1 atom stereocenters. The van der Waals surface area contributed by atoms with Gasteiger partial charge >= 0.3 is 103 Å². The van der Waals surface area contributed by atoms with Crippen LogP contribution in [0.3, 0.4) is 0 Å². The van der Waals surface area contributed by atoms with Crippen molar-refractivity contribution in [3.63, 3.8) is 0 Å². The predicted octanol–water partition coefficient (Wildman–Crippen LogP) is -0.676. The number of carbonyl (C=O) groups excluding carboxylic acids is 1. The SMILES string of the molecule is CCCCc1nc(Cl)c(CCCOc2ccc(CC3SC([O-])=NC3=O)cc2)n1Cc1ccc(-c2ccccc2-c2nnn[n-]2)cc1.[K+].[K+]. The van der Waals surface area contributed by atoms with Crippen LogP contribution in [0, 0.1) is 0 Å². The third-order valence-corrected chi connectivity index (χ3v) is 9.09. The third-order valence-electron chi connectivity index (χ3n) is 7.84. The molecule has 0 radical (unpaired) electrons. The number of ether oxygens (including phenoxy) is 1. The van der Waals surface area contributed by atoms with Gasteiger partial charge in [-0.25, -0.2) is 9.98 Å². The molecule has 1 amide bonds. The van der Waals surface area contributed by atoms with Gasteiger partial charge in [-0.3, -0.25) is 15.1 Å². The summed E-state index contributed by atoms with van der Waals surface area (Å²) >= 11 is 7.70. The molecule has 1 unspecified atom stereocenters. The molecule has 0 spiro atoms. The number of rotatable bonds is 14. The average molecular weight is 732 g/mol. The predicted molar refractivity (Wildman–Crippen MR) is 177 cm³/mol. The summed E-state index contributed by atoms with van der Waals surface area (Å²) in [5.74, 6) is 1.89. The Balaban J connectivity index is 0.00000260. The summed E-state index contributed by atoms with van der Waals surface area (Å²) in [6.07, 6.45) is 4.93. The number of hydrogen-bond acceptors (Lipinski definition) is 8. The molecule has 5 aromatic rings. The van der Waals surface area contributed by atoms with Crippen molar-refractivity contribution in [1.82, 2.24) is 30.2 Å². The van der Waals surface area contributed by atoms with E-state index in [0.717, 1.165) is 89.0 Å². The molecule has 3 heterocycles. The van der Waals surface area contributed by atoms with Crippen molar-refractivity contribution >= 4 is 34.5 Å². The average Bonchev–Trinajstić information content (AvgIpc) is 3.79. The van der Waals surface area contributed by atoms with Crippen molar-refractivity contribution in [3.8, 4) is 28.3 Å². The molecular formula is C34H32ClK2N7O3S. The second-order valence-corrected chi connectivity index (χ2v) is 12.5. The van der Waals surface area contributed by atoms with Gasteiger partial charge in [0.2, 0.25) is 0 Å². The van der Waals surface area contributed by atoms with E-state index in [9.17, 15) is 9.90 Å². The van der Waals surface area contributed by atoms with Crippen LogP contribution in [0.15, 0.2) is 77.8 Å². The monoisotopic (exact) mass is 731 g/mol. The molecule has 14 heteroatoms. The van der Waals surface area contributed by atoms with Gasteiger partial charge in [-0.15, -0.1) is 11.8 Å². The van der Waals surface area contributed by atoms with E-state index in [-0.39, 0.29) is 109 Å². The first kappa shape index (κ1) is 39.6. The topological polar surface area (TPSA) is 132 Å². The van der Waals surface area contributed by atoms with Gasteiger partial charge in [-0.2, -0.15) is 5.21 Å². The largest absolute Gasteiger partial charge is 1.00 e. The van der Waals surface area contributed by atoms with Crippen molar-refractivity contribution in [3.05, 3.63) is 101 Å². The summed E-state index contributed by atoms with van der Waals surface area (Å²) in [6.45, 7) is 3.35. The van der Waals surface area contributed by atoms with Gasteiger partial charge in [0.25, 0.3) is 5.91 Å². The molecule has 0 N–H and O–H groups in total. The number of nitrogens with zero attached hydrogens (tertiary/aromatic N) is 7. The van der Waals surface area contributed by atoms with Crippen molar-refractivity contribution < 1.29 is 117 Å². The summed E-state index contributed by atoms with van der Waals surface area (Å²) in [6, 6.07) is 24.1. The molecule has 48 heavy (non-hydrogen) atoms. The molecule has 0 aliphatic carbocycles. The van der Waals surface area contributed by atoms with Crippen LogP contribution in [-0.4, -0.2) is 48.1 Å². The first-order chi connectivity index (χ1) is 22.5. The minimum Gasteiger partial charge on any atom is -0.854 e. The number of aromatic nitrogens is 6. The van der Waals surface area contributed by atoms with E-state index >= 15 is 0 Å². The van der Waals surface area contributed by atoms with Gasteiger partial charge in [0, 0.05) is 24.0 Å². The Morgan fingerprint density at radius 2 is 1.69 bits per heavy atom. The molecule has 1 aliphatic heterocycles. The van der Waals surface area contributed by atoms with Crippen LogP contribution in [0.25, 0.3) is 22.5 Å². The number of imidazole rings is 1. The number of unbranched alkanes of at least 4 members (excludes halogenated alkanes) is 1. The van der Waals surface area contributed by atoms with E-state index in [1.54, 1.807) is 0 Å². The van der Waals surface area contributed by atoms with Crippen LogP contribution in [0.2, 0.25) is 5.15 Å². The second kappa shape index (κ2) is 19.4. The fraction of sp³-hybridized carbons (Fsp3) is 0.294. The number of hydrogen-bond donors (Lipinski definition) is 0. The zero-order valence-corrected chi connectivity index (χ0v) is 35.1. The molecule has 0 fully saturated rings. The van der Waals surface area contributed by atoms with Crippen LogP contribution in [-0.2, 0) is 30.6 Å². The van der Waals surface area contributed by atoms with E-state index in [1.807, 2.05) is 48.5 Å². The zero-order valence-electron chi connectivity index (χ0n) is 27.3. The van der Waals surface area contributed by atoms with Gasteiger partial charge in [-0.05, 0) is 65.6 Å². The molecule has 1 aliphatic rings. The molecule has 0 saturated carbocycles. The van der Waals surface area contributed by atoms with Crippen molar-refractivity contribution in [2.24, 2.45) is 4.99 Å². The summed E-state index contributed by atoms with van der Waals surface area (Å²) in [5, 5.41) is 26.4. The van der Waals surface area contributed by atoms with Gasteiger partial charge in [0.1, 0.15) is 11.6 Å². The third kappa shape index (κ3) is 10.2. The minimum absolute atomic E-state index is 0. The standard InChI is InChI=1S/C34H34ClN7O3S.2K/c1-2-3-10-30-36-31(35)28(9-6-19-45-25-17-13-22(14-18-25)20-29-33(43)37-34(44)46-29)42(30)21-23-11-15-24(16-12-23)26-7-4-5-8-27(26)32-38-40-41-39-32;;/h4-5,7-8,11-18,29H,2-3,6,9-10,19-21H2,1H3,(H2,37,38,39,40,41,43,44);;/q;2*+1/p-2. The number of aryl methyl sites for hydroxylation is 1. The number of carbonyl (C=O) groups is 1. The van der Waals surface area contributed by atoms with Crippen LogP contribution >= 0.6 is 23.4 Å². The van der Waals surface area contributed by atoms with Crippen molar-refractivity contribution in [1.29, 1.82) is 0 Å². The van der Waals surface area contributed by atoms with Crippen molar-refractivity contribution in [2.45, 2.75) is 57.2 Å². The smallest absolute Gasteiger partial charge is 0.854 e. The maximum atomic E-state index is 11.8. The van der Waals surface area contributed by atoms with Crippen molar-refractivity contribution in [2.75, 3.05) is 6.61 Å². The minimum atomic E-state index is -0.438. The number of tetrazole rings is 1. The first-order valence-corrected chi connectivity index (χ1v) is 16.5. The Bertz CT molecular complexity index is 1820. The number of amides is 1. The molecule has 6 rings (SSSR count). The molecule has 236 valence electrons. The number of halogens is 1. The van der Waals surface area contributed by atoms with Crippen LogP contribution in [0.1, 0.15) is 48.8 Å². The summed E-state index contributed by atoms with van der Waals surface area (Å²) in [7, 11) is 0. The molecule has 0 bridgehead atoms. The van der Waals surface area contributed by atoms with Crippen LogP contribution in [0.4, 0.5) is 0 Å². The molecule has 0 saturated heterocycles. The molecular weight excluding hydrogens is 700 g/mol.